The number of pyridine rings is 1. The summed E-state index contributed by atoms with van der Waals surface area (Å²) in [7, 11) is 0. The summed E-state index contributed by atoms with van der Waals surface area (Å²) < 4.78 is 0. The summed E-state index contributed by atoms with van der Waals surface area (Å²) in [5.74, 6) is 1.46. The predicted molar refractivity (Wildman–Crippen MR) is 76.4 cm³/mol. The van der Waals surface area contributed by atoms with Crippen LogP contribution in [-0.2, 0) is 6.42 Å². The second kappa shape index (κ2) is 6.74. The highest BCUT2D eigenvalue weighted by Gasteiger charge is 2.20. The van der Waals surface area contributed by atoms with E-state index in [4.69, 9.17) is 5.73 Å². The first-order chi connectivity index (χ1) is 8.79. The average molecular weight is 247 g/mol. The maximum Gasteiger partial charge on any atom is 0.126 e. The molecule has 1 aliphatic rings. The molecular formula is C15H25N3. The molecule has 3 N–H and O–H groups in total. The van der Waals surface area contributed by atoms with Gasteiger partial charge in [0.25, 0.3) is 0 Å². The molecule has 18 heavy (non-hydrogen) atoms. The van der Waals surface area contributed by atoms with Gasteiger partial charge in [0.15, 0.2) is 0 Å². The molecule has 1 saturated carbocycles. The molecule has 1 aromatic heterocycles. The Kier molecular flexibility index (Phi) is 5.00. The number of nitrogens with two attached hydrogens (primary N) is 1. The molecule has 1 aromatic rings. The molecule has 0 spiro atoms. The first kappa shape index (κ1) is 13.3. The molecule has 3 heteroatoms. The van der Waals surface area contributed by atoms with Gasteiger partial charge in [0.1, 0.15) is 5.82 Å². The van der Waals surface area contributed by atoms with Crippen molar-refractivity contribution in [2.45, 2.75) is 51.5 Å². The second-order valence-electron chi connectivity index (χ2n) is 5.39. The van der Waals surface area contributed by atoms with Crippen LogP contribution in [0.25, 0.3) is 0 Å². The smallest absolute Gasteiger partial charge is 0.126 e. The van der Waals surface area contributed by atoms with Gasteiger partial charge in [-0.1, -0.05) is 32.3 Å². The largest absolute Gasteiger partial charge is 0.383 e. The fourth-order valence-corrected chi connectivity index (χ4v) is 3.06. The lowest BCUT2D eigenvalue weighted by atomic mass is 9.91. The van der Waals surface area contributed by atoms with Gasteiger partial charge in [-0.25, -0.2) is 4.98 Å². The molecule has 100 valence electrons. The van der Waals surface area contributed by atoms with Crippen molar-refractivity contribution in [3.63, 3.8) is 0 Å². The molecule has 2 rings (SSSR count). The standard InChI is InChI=1S/C15H25N3/c1-2-17-14-8-4-3-6-12(11-14)10-13-7-5-9-18-15(13)16/h5,7,9,12,14,17H,2-4,6,8,10-11H2,1H3,(H2,16,18). The fourth-order valence-electron chi connectivity index (χ4n) is 3.06. The average Bonchev–Trinajstić information content (AvgIpc) is 2.58. The van der Waals surface area contributed by atoms with Gasteiger partial charge in [-0.15, -0.1) is 0 Å². The van der Waals surface area contributed by atoms with Crippen molar-refractivity contribution in [1.29, 1.82) is 0 Å². The zero-order valence-electron chi connectivity index (χ0n) is 11.4. The Bertz CT molecular complexity index is 365. The van der Waals surface area contributed by atoms with Gasteiger partial charge in [-0.3, -0.25) is 0 Å². The van der Waals surface area contributed by atoms with E-state index in [0.717, 1.165) is 18.9 Å². The molecule has 2 atom stereocenters. The van der Waals surface area contributed by atoms with Crippen LogP contribution in [0.3, 0.4) is 0 Å². The highest BCUT2D eigenvalue weighted by Crippen LogP contribution is 2.27. The Labute approximate surface area is 110 Å². The molecule has 0 radical (unpaired) electrons. The van der Waals surface area contributed by atoms with Crippen molar-refractivity contribution in [2.75, 3.05) is 12.3 Å². The SMILES string of the molecule is CCNC1CCCCC(Cc2cccnc2N)C1. The number of rotatable bonds is 4. The molecular weight excluding hydrogens is 222 g/mol. The van der Waals surface area contributed by atoms with Crippen molar-refractivity contribution in [3.8, 4) is 0 Å². The van der Waals surface area contributed by atoms with Crippen LogP contribution in [0.15, 0.2) is 18.3 Å². The van der Waals surface area contributed by atoms with Crippen LogP contribution < -0.4 is 11.1 Å². The van der Waals surface area contributed by atoms with Crippen LogP contribution in [0.2, 0.25) is 0 Å². The van der Waals surface area contributed by atoms with Crippen LogP contribution in [0.5, 0.6) is 0 Å². The Balaban J connectivity index is 1.97. The van der Waals surface area contributed by atoms with E-state index >= 15 is 0 Å². The van der Waals surface area contributed by atoms with Gasteiger partial charge in [0.05, 0.1) is 0 Å². The monoisotopic (exact) mass is 247 g/mol. The van der Waals surface area contributed by atoms with Crippen LogP contribution in [0, 0.1) is 5.92 Å². The van der Waals surface area contributed by atoms with E-state index < -0.39 is 0 Å². The van der Waals surface area contributed by atoms with E-state index in [1.807, 2.05) is 6.07 Å². The molecule has 0 bridgehead atoms. The molecule has 1 fully saturated rings. The zero-order valence-corrected chi connectivity index (χ0v) is 11.4. The van der Waals surface area contributed by atoms with Crippen LogP contribution in [-0.4, -0.2) is 17.6 Å². The van der Waals surface area contributed by atoms with Gasteiger partial charge in [-0.2, -0.15) is 0 Å². The summed E-state index contributed by atoms with van der Waals surface area (Å²) in [6.07, 6.45) is 9.50. The topological polar surface area (TPSA) is 50.9 Å². The first-order valence-electron chi connectivity index (χ1n) is 7.22. The molecule has 0 saturated heterocycles. The zero-order chi connectivity index (χ0) is 12.8. The third-order valence-corrected chi connectivity index (χ3v) is 3.96. The summed E-state index contributed by atoms with van der Waals surface area (Å²) in [6, 6.07) is 4.81. The van der Waals surface area contributed by atoms with Gasteiger partial charge in [0.2, 0.25) is 0 Å². The number of aromatic nitrogens is 1. The van der Waals surface area contributed by atoms with Crippen LogP contribution in [0.4, 0.5) is 5.82 Å². The minimum Gasteiger partial charge on any atom is -0.383 e. The van der Waals surface area contributed by atoms with E-state index in [0.29, 0.717) is 11.9 Å². The quantitative estimate of drug-likeness (QED) is 0.804. The minimum atomic E-state index is 0.695. The predicted octanol–water partition coefficient (Wildman–Crippen LogP) is 2.76. The normalized spacial score (nSPS) is 24.7. The van der Waals surface area contributed by atoms with E-state index in [2.05, 4.69) is 23.3 Å². The third kappa shape index (κ3) is 3.70. The van der Waals surface area contributed by atoms with E-state index in [-0.39, 0.29) is 0 Å². The van der Waals surface area contributed by atoms with Gasteiger partial charge in [0, 0.05) is 12.2 Å². The molecule has 1 heterocycles. The Morgan fingerprint density at radius 2 is 2.22 bits per heavy atom. The van der Waals surface area contributed by atoms with Crippen molar-refractivity contribution >= 4 is 5.82 Å². The molecule has 0 aromatic carbocycles. The van der Waals surface area contributed by atoms with Crippen molar-refractivity contribution in [1.82, 2.24) is 10.3 Å². The first-order valence-corrected chi connectivity index (χ1v) is 7.22. The fraction of sp³-hybridized carbons (Fsp3) is 0.667. The number of anilines is 1. The lowest BCUT2D eigenvalue weighted by molar-refractivity contribution is 0.389. The Morgan fingerprint density at radius 3 is 3.00 bits per heavy atom. The van der Waals surface area contributed by atoms with Crippen molar-refractivity contribution < 1.29 is 0 Å². The summed E-state index contributed by atoms with van der Waals surface area (Å²) >= 11 is 0. The maximum atomic E-state index is 5.94. The minimum absolute atomic E-state index is 0.695. The number of hydrogen-bond acceptors (Lipinski definition) is 3. The van der Waals surface area contributed by atoms with Crippen molar-refractivity contribution in [3.05, 3.63) is 23.9 Å². The van der Waals surface area contributed by atoms with E-state index in [1.54, 1.807) is 6.20 Å². The number of nitrogens with zero attached hydrogens (tertiary/aromatic N) is 1. The number of nitrogens with one attached hydrogen (secondary N) is 1. The summed E-state index contributed by atoms with van der Waals surface area (Å²) in [4.78, 5) is 4.19. The van der Waals surface area contributed by atoms with E-state index in [1.165, 1.54) is 37.7 Å². The van der Waals surface area contributed by atoms with Crippen molar-refractivity contribution in [2.24, 2.45) is 5.92 Å². The number of nitrogen functional groups attached to an aromatic ring is 1. The number of hydrogen-bond donors (Lipinski definition) is 2. The highest BCUT2D eigenvalue weighted by atomic mass is 14.9. The van der Waals surface area contributed by atoms with Crippen LogP contribution >= 0.6 is 0 Å². The summed E-state index contributed by atoms with van der Waals surface area (Å²) in [5.41, 5.74) is 7.17. The maximum absolute atomic E-state index is 5.94. The van der Waals surface area contributed by atoms with Crippen LogP contribution in [0.1, 0.15) is 44.6 Å². The Hall–Kier alpha value is -1.09. The summed E-state index contributed by atoms with van der Waals surface area (Å²) in [5, 5.41) is 3.61. The molecule has 0 aliphatic heterocycles. The lowest BCUT2D eigenvalue weighted by Crippen LogP contribution is -2.30. The van der Waals surface area contributed by atoms with Gasteiger partial charge >= 0.3 is 0 Å². The summed E-state index contributed by atoms with van der Waals surface area (Å²) in [6.45, 7) is 3.27. The highest BCUT2D eigenvalue weighted by molar-refractivity contribution is 5.38. The van der Waals surface area contributed by atoms with Gasteiger partial charge < -0.3 is 11.1 Å². The molecule has 3 nitrogen and oxygen atoms in total. The molecule has 2 unspecified atom stereocenters. The molecule has 0 amide bonds. The lowest BCUT2D eigenvalue weighted by Gasteiger charge is -2.21. The third-order valence-electron chi connectivity index (χ3n) is 3.96. The van der Waals surface area contributed by atoms with E-state index in [9.17, 15) is 0 Å². The molecule has 1 aliphatic carbocycles. The van der Waals surface area contributed by atoms with Gasteiger partial charge in [-0.05, 0) is 43.4 Å². The second-order valence-corrected chi connectivity index (χ2v) is 5.39. The Morgan fingerprint density at radius 1 is 1.39 bits per heavy atom.